The molecular weight excluding hydrogens is 380 g/mol. The van der Waals surface area contributed by atoms with E-state index in [4.69, 9.17) is 4.42 Å². The molecule has 3 aromatic rings. The van der Waals surface area contributed by atoms with Crippen molar-refractivity contribution in [1.82, 2.24) is 4.98 Å². The third-order valence-corrected chi connectivity index (χ3v) is 4.08. The molecule has 6 nitrogen and oxygen atoms in total. The van der Waals surface area contributed by atoms with Crippen LogP contribution in [0.3, 0.4) is 0 Å². The molecule has 1 heterocycles. The van der Waals surface area contributed by atoms with Gasteiger partial charge in [0, 0.05) is 30.6 Å². The van der Waals surface area contributed by atoms with Gasteiger partial charge in [-0.3, -0.25) is 9.59 Å². The number of nitrogens with one attached hydrogen (secondary N) is 2. The largest absolute Gasteiger partial charge is 0.441 e. The van der Waals surface area contributed by atoms with E-state index in [9.17, 15) is 18.4 Å². The van der Waals surface area contributed by atoms with E-state index >= 15 is 0 Å². The first-order valence-corrected chi connectivity index (χ1v) is 9.05. The van der Waals surface area contributed by atoms with Crippen LogP contribution in [-0.2, 0) is 16.0 Å². The Hall–Kier alpha value is -3.55. The molecule has 0 saturated heterocycles. The van der Waals surface area contributed by atoms with Crippen LogP contribution >= 0.6 is 0 Å². The van der Waals surface area contributed by atoms with Crippen LogP contribution < -0.4 is 10.6 Å². The fourth-order valence-corrected chi connectivity index (χ4v) is 2.64. The molecular formula is C21H19F2N3O3. The number of aryl methyl sites for hydroxylation is 1. The van der Waals surface area contributed by atoms with Gasteiger partial charge in [-0.2, -0.15) is 0 Å². The van der Waals surface area contributed by atoms with Gasteiger partial charge in [-0.15, -0.1) is 0 Å². The molecule has 0 radical (unpaired) electrons. The molecule has 2 N–H and O–H groups in total. The maximum absolute atomic E-state index is 13.8. The molecule has 0 bridgehead atoms. The summed E-state index contributed by atoms with van der Waals surface area (Å²) in [5, 5.41) is 5.43. The van der Waals surface area contributed by atoms with Crippen LogP contribution in [0.4, 0.5) is 20.2 Å². The molecule has 150 valence electrons. The fourth-order valence-electron chi connectivity index (χ4n) is 2.64. The van der Waals surface area contributed by atoms with E-state index in [-0.39, 0.29) is 41.9 Å². The van der Waals surface area contributed by atoms with E-state index in [1.165, 1.54) is 12.3 Å². The van der Waals surface area contributed by atoms with E-state index in [1.807, 2.05) is 0 Å². The van der Waals surface area contributed by atoms with Crippen LogP contribution in [0.2, 0.25) is 0 Å². The van der Waals surface area contributed by atoms with Crippen LogP contribution in [0, 0.1) is 11.6 Å². The van der Waals surface area contributed by atoms with Crippen molar-refractivity contribution < 1.29 is 22.8 Å². The normalized spacial score (nSPS) is 10.6. The van der Waals surface area contributed by atoms with Gasteiger partial charge in [-0.25, -0.2) is 13.8 Å². The van der Waals surface area contributed by atoms with Gasteiger partial charge in [0.05, 0.1) is 11.8 Å². The third kappa shape index (κ3) is 5.25. The first-order valence-electron chi connectivity index (χ1n) is 9.05. The molecule has 0 aliphatic rings. The lowest BCUT2D eigenvalue weighted by Gasteiger charge is -2.08. The summed E-state index contributed by atoms with van der Waals surface area (Å²) >= 11 is 0. The number of hydrogen-bond donors (Lipinski definition) is 2. The first kappa shape index (κ1) is 20.2. The molecule has 2 aromatic carbocycles. The molecule has 0 saturated carbocycles. The van der Waals surface area contributed by atoms with Gasteiger partial charge in [-0.1, -0.05) is 19.1 Å². The van der Waals surface area contributed by atoms with Gasteiger partial charge in [0.1, 0.15) is 11.6 Å². The lowest BCUT2D eigenvalue weighted by Crippen LogP contribution is -2.13. The molecule has 0 spiro atoms. The van der Waals surface area contributed by atoms with E-state index in [0.29, 0.717) is 17.8 Å². The SMILES string of the molecule is CCC(=O)Nc1cccc(NC(=O)CCc2ncc(-c3c(F)cccc3F)o2)c1. The standard InChI is InChI=1S/C21H19F2N3O3/c1-2-18(27)25-13-5-3-6-14(11-13)26-19(28)9-10-20-24-12-17(29-20)21-15(22)7-4-8-16(21)23/h3-8,11-12H,2,9-10H2,1H3,(H,25,27)(H,26,28). The van der Waals surface area contributed by atoms with Crippen molar-refractivity contribution in [3.05, 3.63) is 66.2 Å². The van der Waals surface area contributed by atoms with Gasteiger partial charge in [0.2, 0.25) is 11.8 Å². The second-order valence-corrected chi connectivity index (χ2v) is 6.25. The minimum absolute atomic E-state index is 0.0321. The van der Waals surface area contributed by atoms with Crippen LogP contribution in [0.15, 0.2) is 53.1 Å². The predicted molar refractivity (Wildman–Crippen MR) is 104 cm³/mol. The Morgan fingerprint density at radius 1 is 1.00 bits per heavy atom. The van der Waals surface area contributed by atoms with Crippen molar-refractivity contribution in [2.75, 3.05) is 10.6 Å². The monoisotopic (exact) mass is 399 g/mol. The maximum atomic E-state index is 13.8. The fraction of sp³-hybridized carbons (Fsp3) is 0.190. The predicted octanol–water partition coefficient (Wildman–Crippen LogP) is 4.54. The Morgan fingerprint density at radius 2 is 1.62 bits per heavy atom. The average molecular weight is 399 g/mol. The topological polar surface area (TPSA) is 84.2 Å². The Labute approximate surface area is 166 Å². The van der Waals surface area contributed by atoms with Crippen molar-refractivity contribution in [1.29, 1.82) is 0 Å². The van der Waals surface area contributed by atoms with Gasteiger partial charge >= 0.3 is 0 Å². The van der Waals surface area contributed by atoms with E-state index < -0.39 is 11.6 Å². The average Bonchev–Trinajstić information content (AvgIpc) is 3.15. The zero-order valence-electron chi connectivity index (χ0n) is 15.7. The second-order valence-electron chi connectivity index (χ2n) is 6.25. The number of aromatic nitrogens is 1. The highest BCUT2D eigenvalue weighted by Crippen LogP contribution is 2.26. The molecule has 8 heteroatoms. The lowest BCUT2D eigenvalue weighted by atomic mass is 10.1. The number of oxazole rings is 1. The number of anilines is 2. The number of carbonyl (C=O) groups excluding carboxylic acids is 2. The van der Waals surface area contributed by atoms with Crippen LogP contribution in [0.1, 0.15) is 25.7 Å². The molecule has 1 aromatic heterocycles. The minimum Gasteiger partial charge on any atom is -0.441 e. The number of carbonyl (C=O) groups is 2. The highest BCUT2D eigenvalue weighted by molar-refractivity contribution is 5.94. The molecule has 0 fully saturated rings. The number of nitrogens with zero attached hydrogens (tertiary/aromatic N) is 1. The summed E-state index contributed by atoms with van der Waals surface area (Å²) in [6, 6.07) is 10.3. The van der Waals surface area contributed by atoms with E-state index in [2.05, 4.69) is 15.6 Å². The van der Waals surface area contributed by atoms with Crippen molar-refractivity contribution in [2.45, 2.75) is 26.2 Å². The number of hydrogen-bond acceptors (Lipinski definition) is 4. The number of benzene rings is 2. The molecule has 0 atom stereocenters. The smallest absolute Gasteiger partial charge is 0.224 e. The van der Waals surface area contributed by atoms with Crippen molar-refractivity contribution in [3.63, 3.8) is 0 Å². The summed E-state index contributed by atoms with van der Waals surface area (Å²) in [6.45, 7) is 1.75. The third-order valence-electron chi connectivity index (χ3n) is 4.08. The summed E-state index contributed by atoms with van der Waals surface area (Å²) in [5.74, 6) is -1.75. The summed E-state index contributed by atoms with van der Waals surface area (Å²) in [6.07, 6.45) is 1.81. The van der Waals surface area contributed by atoms with Crippen LogP contribution in [-0.4, -0.2) is 16.8 Å². The van der Waals surface area contributed by atoms with Gasteiger partial charge in [-0.05, 0) is 30.3 Å². The quantitative estimate of drug-likeness (QED) is 0.611. The molecule has 2 amide bonds. The Morgan fingerprint density at radius 3 is 2.28 bits per heavy atom. The zero-order chi connectivity index (χ0) is 20.8. The Balaban J connectivity index is 1.59. The molecule has 0 unspecified atom stereocenters. The van der Waals surface area contributed by atoms with Crippen molar-refractivity contribution >= 4 is 23.2 Å². The minimum atomic E-state index is -0.750. The highest BCUT2D eigenvalue weighted by Gasteiger charge is 2.16. The Bertz CT molecular complexity index is 1010. The number of halogens is 2. The van der Waals surface area contributed by atoms with Gasteiger partial charge < -0.3 is 15.1 Å². The van der Waals surface area contributed by atoms with Crippen LogP contribution in [0.5, 0.6) is 0 Å². The highest BCUT2D eigenvalue weighted by atomic mass is 19.1. The maximum Gasteiger partial charge on any atom is 0.224 e. The van der Waals surface area contributed by atoms with Crippen molar-refractivity contribution in [2.24, 2.45) is 0 Å². The van der Waals surface area contributed by atoms with Crippen LogP contribution in [0.25, 0.3) is 11.3 Å². The van der Waals surface area contributed by atoms with Gasteiger partial charge in [0.25, 0.3) is 0 Å². The summed E-state index contributed by atoms with van der Waals surface area (Å²) in [7, 11) is 0. The summed E-state index contributed by atoms with van der Waals surface area (Å²) in [5.41, 5.74) is 0.825. The summed E-state index contributed by atoms with van der Waals surface area (Å²) in [4.78, 5) is 27.6. The lowest BCUT2D eigenvalue weighted by molar-refractivity contribution is -0.116. The molecule has 0 aliphatic carbocycles. The Kier molecular flexibility index (Phi) is 6.33. The number of amides is 2. The first-order chi connectivity index (χ1) is 14.0. The van der Waals surface area contributed by atoms with E-state index in [0.717, 1.165) is 12.1 Å². The zero-order valence-corrected chi connectivity index (χ0v) is 15.7. The molecule has 29 heavy (non-hydrogen) atoms. The molecule has 0 aliphatic heterocycles. The number of rotatable bonds is 7. The van der Waals surface area contributed by atoms with Gasteiger partial charge in [0.15, 0.2) is 11.7 Å². The van der Waals surface area contributed by atoms with Crippen molar-refractivity contribution in [3.8, 4) is 11.3 Å². The summed E-state index contributed by atoms with van der Waals surface area (Å²) < 4.78 is 33.0. The molecule has 3 rings (SSSR count). The van der Waals surface area contributed by atoms with E-state index in [1.54, 1.807) is 31.2 Å². The second kappa shape index (κ2) is 9.09.